The molecule has 1 aromatic rings. The fourth-order valence-electron chi connectivity index (χ4n) is 2.01. The molecule has 0 aromatic heterocycles. The Bertz CT molecular complexity index is 619. The molecule has 0 bridgehead atoms. The Morgan fingerprint density at radius 2 is 2.10 bits per heavy atom. The highest BCUT2D eigenvalue weighted by molar-refractivity contribution is 7.91. The number of carbonyl (C=O) groups is 1. The topological polar surface area (TPSA) is 75.3 Å². The Morgan fingerprint density at radius 3 is 2.75 bits per heavy atom. The van der Waals surface area contributed by atoms with E-state index in [2.05, 4.69) is 10.6 Å². The van der Waals surface area contributed by atoms with Crippen LogP contribution in [0.5, 0.6) is 0 Å². The highest BCUT2D eigenvalue weighted by Crippen LogP contribution is 2.25. The van der Waals surface area contributed by atoms with E-state index in [1.807, 2.05) is 0 Å². The monoisotopic (exact) mass is 336 g/mol. The van der Waals surface area contributed by atoms with Gasteiger partial charge in [0.05, 0.1) is 21.6 Å². The van der Waals surface area contributed by atoms with Crippen LogP contribution < -0.4 is 10.6 Å². The van der Waals surface area contributed by atoms with E-state index < -0.39 is 9.84 Å². The maximum absolute atomic E-state index is 11.9. The van der Waals surface area contributed by atoms with Crippen LogP contribution in [0.4, 0.5) is 5.69 Å². The largest absolute Gasteiger partial charge is 0.326 e. The summed E-state index contributed by atoms with van der Waals surface area (Å²) in [5, 5.41) is 6.45. The molecule has 1 unspecified atom stereocenters. The number of halogens is 2. The number of rotatable bonds is 3. The van der Waals surface area contributed by atoms with Crippen molar-refractivity contribution < 1.29 is 13.2 Å². The summed E-state index contributed by atoms with van der Waals surface area (Å²) in [6, 6.07) is 4.42. The molecule has 1 heterocycles. The van der Waals surface area contributed by atoms with E-state index >= 15 is 0 Å². The average molecular weight is 337 g/mol. The second kappa shape index (κ2) is 6.30. The van der Waals surface area contributed by atoms with E-state index in [9.17, 15) is 13.2 Å². The van der Waals surface area contributed by atoms with Gasteiger partial charge >= 0.3 is 0 Å². The number of benzene rings is 1. The standard InChI is InChI=1S/C12H14Cl2N2O3S/c13-10-2-1-8(5-11(10)14)16-12(17)6-9-7-20(18,19)4-3-15-9/h1-2,5,9,15H,3-4,6-7H2,(H,16,17). The van der Waals surface area contributed by atoms with Gasteiger partial charge in [-0.2, -0.15) is 0 Å². The maximum atomic E-state index is 11.9. The minimum Gasteiger partial charge on any atom is -0.326 e. The molecule has 20 heavy (non-hydrogen) atoms. The molecule has 1 saturated heterocycles. The molecule has 0 aliphatic carbocycles. The summed E-state index contributed by atoms with van der Waals surface area (Å²) in [5.41, 5.74) is 0.531. The normalized spacial score (nSPS) is 21.4. The number of nitrogens with one attached hydrogen (secondary N) is 2. The van der Waals surface area contributed by atoms with Crippen LogP contribution in [0, 0.1) is 0 Å². The maximum Gasteiger partial charge on any atom is 0.225 e. The Kier molecular flexibility index (Phi) is 4.90. The highest BCUT2D eigenvalue weighted by atomic mass is 35.5. The van der Waals surface area contributed by atoms with Crippen LogP contribution in [0.3, 0.4) is 0 Å². The molecule has 1 aromatic carbocycles. The minimum atomic E-state index is -3.04. The van der Waals surface area contributed by atoms with Gasteiger partial charge in [0.2, 0.25) is 5.91 Å². The lowest BCUT2D eigenvalue weighted by atomic mass is 10.2. The van der Waals surface area contributed by atoms with Gasteiger partial charge in [-0.05, 0) is 18.2 Å². The lowest BCUT2D eigenvalue weighted by molar-refractivity contribution is -0.116. The van der Waals surface area contributed by atoms with Crippen LogP contribution in [0.2, 0.25) is 10.0 Å². The van der Waals surface area contributed by atoms with Crippen LogP contribution in [-0.4, -0.2) is 38.4 Å². The van der Waals surface area contributed by atoms with Crippen molar-refractivity contribution in [2.45, 2.75) is 12.5 Å². The first-order chi connectivity index (χ1) is 9.35. The van der Waals surface area contributed by atoms with Crippen molar-refractivity contribution in [2.75, 3.05) is 23.4 Å². The zero-order valence-corrected chi connectivity index (χ0v) is 12.9. The summed E-state index contributed by atoms with van der Waals surface area (Å²) in [4.78, 5) is 11.9. The molecule has 1 aliphatic rings. The molecule has 0 spiro atoms. The van der Waals surface area contributed by atoms with Gasteiger partial charge in [0.1, 0.15) is 0 Å². The average Bonchev–Trinajstić information content (AvgIpc) is 2.32. The fraction of sp³-hybridized carbons (Fsp3) is 0.417. The van der Waals surface area contributed by atoms with Gasteiger partial charge in [-0.25, -0.2) is 8.42 Å². The number of hydrogen-bond donors (Lipinski definition) is 2. The minimum absolute atomic E-state index is 0.0121. The lowest BCUT2D eigenvalue weighted by Crippen LogP contribution is -2.46. The molecule has 110 valence electrons. The van der Waals surface area contributed by atoms with Gasteiger partial charge in [0.15, 0.2) is 9.84 Å². The molecule has 1 amide bonds. The van der Waals surface area contributed by atoms with E-state index in [1.165, 1.54) is 0 Å². The lowest BCUT2D eigenvalue weighted by Gasteiger charge is -2.23. The van der Waals surface area contributed by atoms with Gasteiger partial charge < -0.3 is 10.6 Å². The predicted octanol–water partition coefficient (Wildman–Crippen LogP) is 1.71. The van der Waals surface area contributed by atoms with Crippen LogP contribution >= 0.6 is 23.2 Å². The van der Waals surface area contributed by atoms with Gasteiger partial charge in [0.25, 0.3) is 0 Å². The van der Waals surface area contributed by atoms with Crippen LogP contribution in [0.1, 0.15) is 6.42 Å². The molecule has 8 heteroatoms. The SMILES string of the molecule is O=C(CC1CS(=O)(=O)CCN1)Nc1ccc(Cl)c(Cl)c1. The Morgan fingerprint density at radius 1 is 1.35 bits per heavy atom. The summed E-state index contributed by atoms with van der Waals surface area (Å²) in [7, 11) is -3.04. The van der Waals surface area contributed by atoms with E-state index in [1.54, 1.807) is 18.2 Å². The second-order valence-electron chi connectivity index (χ2n) is 4.65. The molecule has 1 fully saturated rings. The first kappa shape index (κ1) is 15.6. The summed E-state index contributed by atoms with van der Waals surface area (Å²) in [5.74, 6) is -0.155. The smallest absolute Gasteiger partial charge is 0.225 e. The summed E-state index contributed by atoms with van der Waals surface area (Å²) in [6.45, 7) is 0.382. The molecule has 0 radical (unpaired) electrons. The number of amides is 1. The fourth-order valence-corrected chi connectivity index (χ4v) is 3.75. The van der Waals surface area contributed by atoms with Crippen molar-refractivity contribution in [1.29, 1.82) is 0 Å². The van der Waals surface area contributed by atoms with Crippen LogP contribution in [0.15, 0.2) is 18.2 Å². The zero-order valence-electron chi connectivity index (χ0n) is 10.5. The van der Waals surface area contributed by atoms with Crippen molar-refractivity contribution >= 4 is 44.6 Å². The number of carbonyl (C=O) groups excluding carboxylic acids is 1. The summed E-state index contributed by atoms with van der Waals surface area (Å²) >= 11 is 11.6. The zero-order chi connectivity index (χ0) is 14.8. The summed E-state index contributed by atoms with van der Waals surface area (Å²) < 4.78 is 23.0. The van der Waals surface area contributed by atoms with Crippen molar-refractivity contribution in [2.24, 2.45) is 0 Å². The molecule has 5 nitrogen and oxygen atoms in total. The molecular formula is C12H14Cl2N2O3S. The third-order valence-electron chi connectivity index (χ3n) is 2.94. The first-order valence-corrected chi connectivity index (χ1v) is 8.62. The molecule has 1 atom stereocenters. The van der Waals surface area contributed by atoms with Crippen molar-refractivity contribution in [3.05, 3.63) is 28.2 Å². The van der Waals surface area contributed by atoms with Gasteiger partial charge in [-0.3, -0.25) is 4.79 Å². The summed E-state index contributed by atoms with van der Waals surface area (Å²) in [6.07, 6.45) is 0.0967. The van der Waals surface area contributed by atoms with Gasteiger partial charge in [-0.1, -0.05) is 23.2 Å². The predicted molar refractivity (Wildman–Crippen MR) is 80.2 cm³/mol. The Balaban J connectivity index is 1.93. The van der Waals surface area contributed by atoms with E-state index in [0.717, 1.165) is 0 Å². The first-order valence-electron chi connectivity index (χ1n) is 6.04. The second-order valence-corrected chi connectivity index (χ2v) is 7.69. The van der Waals surface area contributed by atoms with E-state index in [-0.39, 0.29) is 29.9 Å². The van der Waals surface area contributed by atoms with Crippen LogP contribution in [0.25, 0.3) is 0 Å². The van der Waals surface area contributed by atoms with Crippen LogP contribution in [-0.2, 0) is 14.6 Å². The van der Waals surface area contributed by atoms with Crippen molar-refractivity contribution in [1.82, 2.24) is 5.32 Å². The van der Waals surface area contributed by atoms with Crippen molar-refractivity contribution in [3.8, 4) is 0 Å². The molecule has 2 N–H and O–H groups in total. The molecule has 2 rings (SSSR count). The van der Waals surface area contributed by atoms with E-state index in [0.29, 0.717) is 22.3 Å². The quantitative estimate of drug-likeness (QED) is 0.881. The van der Waals surface area contributed by atoms with Crippen molar-refractivity contribution in [3.63, 3.8) is 0 Å². The Labute approximate surface area is 127 Å². The van der Waals surface area contributed by atoms with Gasteiger partial charge in [0, 0.05) is 24.7 Å². The van der Waals surface area contributed by atoms with Gasteiger partial charge in [-0.15, -0.1) is 0 Å². The Hall–Kier alpha value is -0.820. The number of sulfone groups is 1. The molecule has 1 aliphatic heterocycles. The third kappa shape index (κ3) is 4.34. The van der Waals surface area contributed by atoms with E-state index in [4.69, 9.17) is 23.2 Å². The third-order valence-corrected chi connectivity index (χ3v) is 5.41. The molecule has 0 saturated carbocycles. The number of anilines is 1. The number of hydrogen-bond acceptors (Lipinski definition) is 4. The highest BCUT2D eigenvalue weighted by Gasteiger charge is 2.25. The molecular weight excluding hydrogens is 323 g/mol.